The lowest BCUT2D eigenvalue weighted by Gasteiger charge is -2.42. The van der Waals surface area contributed by atoms with Gasteiger partial charge >= 0.3 is 5.76 Å². The lowest BCUT2D eigenvalue weighted by molar-refractivity contribution is -0.212. The molecule has 2 aromatic heterocycles. The molecular formula is C25H22F3N5O7. The molecule has 2 aliphatic heterocycles. The largest absolute Gasteiger partial charge is 0.417 e. The molecule has 0 aliphatic carbocycles. The van der Waals surface area contributed by atoms with Crippen LogP contribution in [0.2, 0.25) is 0 Å². The molecule has 210 valence electrons. The molecule has 0 bridgehead atoms. The van der Waals surface area contributed by atoms with E-state index >= 15 is 0 Å². The molecule has 12 nitrogen and oxygen atoms in total. The highest BCUT2D eigenvalue weighted by atomic mass is 19.2. The fraction of sp³-hybridized carbons (Fsp3) is 0.360. The third-order valence-corrected chi connectivity index (χ3v) is 7.07. The summed E-state index contributed by atoms with van der Waals surface area (Å²) >= 11 is 0. The topological polar surface area (TPSA) is 168 Å². The molecule has 2 aromatic carbocycles. The Kier molecular flexibility index (Phi) is 6.66. The van der Waals surface area contributed by atoms with E-state index in [0.29, 0.717) is 28.8 Å². The third-order valence-electron chi connectivity index (χ3n) is 7.07. The van der Waals surface area contributed by atoms with Gasteiger partial charge in [-0.15, -0.1) is 5.10 Å². The zero-order chi connectivity index (χ0) is 28.1. The van der Waals surface area contributed by atoms with Gasteiger partial charge < -0.3 is 29.3 Å². The van der Waals surface area contributed by atoms with Crippen LogP contribution >= 0.6 is 0 Å². The number of aliphatic hydroxyl groups is 3. The normalized spacial score (nSPS) is 26.7. The Morgan fingerprint density at radius 3 is 2.55 bits per heavy atom. The van der Waals surface area contributed by atoms with Crippen LogP contribution in [0.15, 0.2) is 50.9 Å². The third kappa shape index (κ3) is 4.66. The lowest BCUT2D eigenvalue weighted by Crippen LogP contribution is -2.56. The summed E-state index contributed by atoms with van der Waals surface area (Å²) in [4.78, 5) is 19.5. The number of aromatic amines is 1. The Morgan fingerprint density at radius 1 is 1.05 bits per heavy atom. The minimum absolute atomic E-state index is 0.0341. The van der Waals surface area contributed by atoms with E-state index < -0.39 is 66.4 Å². The van der Waals surface area contributed by atoms with Crippen LogP contribution in [0, 0.1) is 17.5 Å². The van der Waals surface area contributed by atoms with Crippen molar-refractivity contribution in [2.24, 2.45) is 5.16 Å². The first-order valence-corrected chi connectivity index (χ1v) is 12.3. The molecule has 1 fully saturated rings. The zero-order valence-corrected chi connectivity index (χ0v) is 20.4. The Labute approximate surface area is 222 Å². The van der Waals surface area contributed by atoms with Crippen molar-refractivity contribution in [3.63, 3.8) is 0 Å². The fourth-order valence-corrected chi connectivity index (χ4v) is 5.05. The molecule has 40 heavy (non-hydrogen) atoms. The highest BCUT2D eigenvalue weighted by Crippen LogP contribution is 2.34. The minimum atomic E-state index is -1.63. The van der Waals surface area contributed by atoms with E-state index in [4.69, 9.17) is 14.0 Å². The summed E-state index contributed by atoms with van der Waals surface area (Å²) in [5.74, 6) is -5.03. The molecule has 0 saturated carbocycles. The van der Waals surface area contributed by atoms with Gasteiger partial charge in [0.05, 0.1) is 30.1 Å². The standard InChI is InChI=1S/C25H22F3N5O7/c26-13-3-11(4-14(27)21(13)28)17-8-33(32-30-17)22-23(35)19(38-20(9-34)24(22)36)7-12-6-16(31-40-12)10-1-2-15-18(5-10)39-25(37)29-15/h1-5,8,12,19-20,22-24,34-36H,6-7,9H2,(H,29,37)/t12?,19-,20-,22-,23+,24+/m1/s1. The number of ether oxygens (including phenoxy) is 1. The monoisotopic (exact) mass is 561 g/mol. The number of aromatic nitrogens is 4. The predicted molar refractivity (Wildman–Crippen MR) is 130 cm³/mol. The fourth-order valence-electron chi connectivity index (χ4n) is 5.05. The maximum absolute atomic E-state index is 13.7. The maximum Gasteiger partial charge on any atom is 0.417 e. The van der Waals surface area contributed by atoms with Crippen molar-refractivity contribution in [2.45, 2.75) is 49.4 Å². The lowest BCUT2D eigenvalue weighted by atomic mass is 9.89. The molecule has 1 saturated heterocycles. The number of nitrogens with zero attached hydrogens (tertiary/aromatic N) is 4. The smallest absolute Gasteiger partial charge is 0.408 e. The van der Waals surface area contributed by atoms with Gasteiger partial charge in [-0.25, -0.2) is 22.6 Å². The van der Waals surface area contributed by atoms with Gasteiger partial charge in [0, 0.05) is 24.0 Å². The van der Waals surface area contributed by atoms with Crippen LogP contribution < -0.4 is 5.76 Å². The molecule has 4 heterocycles. The van der Waals surface area contributed by atoms with Crippen molar-refractivity contribution in [1.82, 2.24) is 20.0 Å². The summed E-state index contributed by atoms with van der Waals surface area (Å²) in [6.07, 6.45) is -3.68. The first kappa shape index (κ1) is 26.2. The molecule has 0 radical (unpaired) electrons. The molecule has 0 amide bonds. The molecule has 6 atom stereocenters. The van der Waals surface area contributed by atoms with Crippen LogP contribution in [0.25, 0.3) is 22.4 Å². The number of aliphatic hydroxyl groups excluding tert-OH is 3. The van der Waals surface area contributed by atoms with Crippen LogP contribution in [0.5, 0.6) is 0 Å². The minimum Gasteiger partial charge on any atom is -0.408 e. The van der Waals surface area contributed by atoms with Crippen LogP contribution in [0.4, 0.5) is 13.2 Å². The van der Waals surface area contributed by atoms with Crippen LogP contribution in [0.3, 0.4) is 0 Å². The predicted octanol–water partition coefficient (Wildman–Crippen LogP) is 1.40. The molecule has 1 unspecified atom stereocenters. The maximum atomic E-state index is 13.7. The second kappa shape index (κ2) is 10.2. The number of hydrogen-bond donors (Lipinski definition) is 4. The van der Waals surface area contributed by atoms with E-state index in [1.165, 1.54) is 6.20 Å². The van der Waals surface area contributed by atoms with Crippen LogP contribution in [-0.4, -0.2) is 78.1 Å². The Balaban J connectivity index is 1.19. The number of rotatable bonds is 6. The summed E-state index contributed by atoms with van der Waals surface area (Å²) in [6.45, 7) is -0.577. The Bertz CT molecular complexity index is 1630. The number of hydrogen-bond acceptors (Lipinski definition) is 10. The molecular weight excluding hydrogens is 539 g/mol. The van der Waals surface area contributed by atoms with Gasteiger partial charge in [0.1, 0.15) is 36.2 Å². The van der Waals surface area contributed by atoms with Gasteiger partial charge in [-0.1, -0.05) is 16.4 Å². The van der Waals surface area contributed by atoms with E-state index in [1.807, 2.05) is 0 Å². The molecule has 4 N–H and O–H groups in total. The van der Waals surface area contributed by atoms with Crippen molar-refractivity contribution in [3.05, 3.63) is 70.1 Å². The van der Waals surface area contributed by atoms with E-state index in [2.05, 4.69) is 20.5 Å². The van der Waals surface area contributed by atoms with Crippen molar-refractivity contribution in [2.75, 3.05) is 6.61 Å². The average Bonchev–Trinajstić information content (AvgIpc) is 3.68. The van der Waals surface area contributed by atoms with E-state index in [1.54, 1.807) is 18.2 Å². The van der Waals surface area contributed by atoms with Gasteiger partial charge in [0.25, 0.3) is 0 Å². The van der Waals surface area contributed by atoms with Crippen molar-refractivity contribution >= 4 is 16.8 Å². The number of oxazole rings is 1. The summed E-state index contributed by atoms with van der Waals surface area (Å²) in [5.41, 5.74) is 2.02. The number of oxime groups is 1. The van der Waals surface area contributed by atoms with Gasteiger partial charge in [-0.05, 0) is 24.3 Å². The first-order chi connectivity index (χ1) is 19.2. The second-order valence-corrected chi connectivity index (χ2v) is 9.64. The Morgan fingerprint density at radius 2 is 1.80 bits per heavy atom. The van der Waals surface area contributed by atoms with E-state index in [-0.39, 0.29) is 17.7 Å². The molecule has 4 aromatic rings. The summed E-state index contributed by atoms with van der Waals surface area (Å²) in [7, 11) is 0. The van der Waals surface area contributed by atoms with Crippen LogP contribution in [-0.2, 0) is 9.57 Å². The second-order valence-electron chi connectivity index (χ2n) is 9.64. The van der Waals surface area contributed by atoms with Crippen LogP contribution in [0.1, 0.15) is 24.4 Å². The molecule has 0 spiro atoms. The summed E-state index contributed by atoms with van der Waals surface area (Å²) < 4.78 is 52.8. The highest BCUT2D eigenvalue weighted by Gasteiger charge is 2.47. The number of halogens is 3. The van der Waals surface area contributed by atoms with Gasteiger partial charge in [-0.2, -0.15) is 0 Å². The zero-order valence-electron chi connectivity index (χ0n) is 20.4. The summed E-state index contributed by atoms with van der Waals surface area (Å²) in [6, 6.07) is 5.42. The number of benzene rings is 2. The van der Waals surface area contributed by atoms with E-state index in [0.717, 1.165) is 16.8 Å². The SMILES string of the molecule is O=c1[nH]c2ccc(C3=NOC(C[C@H]4O[C@H](CO)[C@H](O)[C@H](n5cc(-c6cc(F)c(F)c(F)c6)nn5)[C@H]4O)C3)cc2o1. The summed E-state index contributed by atoms with van der Waals surface area (Å²) in [5, 5.41) is 43.7. The molecule has 15 heteroatoms. The number of H-pyrrole nitrogens is 1. The van der Waals surface area contributed by atoms with Crippen molar-refractivity contribution in [1.29, 1.82) is 0 Å². The van der Waals surface area contributed by atoms with Crippen molar-refractivity contribution in [3.8, 4) is 11.3 Å². The first-order valence-electron chi connectivity index (χ1n) is 12.3. The highest BCUT2D eigenvalue weighted by molar-refractivity contribution is 6.03. The van der Waals surface area contributed by atoms with Gasteiger partial charge in [0.15, 0.2) is 23.0 Å². The number of nitrogens with one attached hydrogen (secondary N) is 1. The number of fused-ring (bicyclic) bond motifs is 1. The van der Waals surface area contributed by atoms with Gasteiger partial charge in [-0.3, -0.25) is 4.98 Å². The van der Waals surface area contributed by atoms with E-state index in [9.17, 15) is 33.3 Å². The Hall–Kier alpha value is -4.05. The quantitative estimate of drug-likeness (QED) is 0.254. The van der Waals surface area contributed by atoms with Crippen molar-refractivity contribution < 1.29 is 42.5 Å². The molecule has 6 rings (SSSR count). The average molecular weight is 561 g/mol. The van der Waals surface area contributed by atoms with Gasteiger partial charge in [0.2, 0.25) is 0 Å². The molecule has 2 aliphatic rings.